The number of aromatic nitrogens is 2. The van der Waals surface area contributed by atoms with E-state index in [4.69, 9.17) is 5.10 Å². The van der Waals surface area contributed by atoms with E-state index < -0.39 is 0 Å². The van der Waals surface area contributed by atoms with E-state index in [0.29, 0.717) is 11.3 Å². The maximum Gasteiger partial charge on any atom is 0.0706 e. The standard InChI is InChI=1S/C18H27N3/c1-18(2,3)13(12-19-14-9-10-14)11-16-15-7-5-6-8-17(15)21(4)20-16/h5-8,13-14,19H,9-12H2,1-4H3. The monoisotopic (exact) mass is 285 g/mol. The highest BCUT2D eigenvalue weighted by Gasteiger charge is 2.29. The number of aryl methyl sites for hydroxylation is 1. The fourth-order valence-electron chi connectivity index (χ4n) is 2.95. The molecule has 3 heteroatoms. The summed E-state index contributed by atoms with van der Waals surface area (Å²) >= 11 is 0. The van der Waals surface area contributed by atoms with Gasteiger partial charge >= 0.3 is 0 Å². The molecule has 1 saturated carbocycles. The summed E-state index contributed by atoms with van der Waals surface area (Å²) in [6.45, 7) is 8.13. The molecule has 1 heterocycles. The zero-order valence-electron chi connectivity index (χ0n) is 13.7. The highest BCUT2D eigenvalue weighted by atomic mass is 15.3. The Morgan fingerprint density at radius 1 is 1.29 bits per heavy atom. The number of hydrogen-bond donors (Lipinski definition) is 1. The Morgan fingerprint density at radius 2 is 2.00 bits per heavy atom. The smallest absolute Gasteiger partial charge is 0.0706 e. The van der Waals surface area contributed by atoms with Crippen LogP contribution in [0.15, 0.2) is 24.3 Å². The van der Waals surface area contributed by atoms with Gasteiger partial charge in [0.05, 0.1) is 11.2 Å². The highest BCUT2D eigenvalue weighted by Crippen LogP contribution is 2.31. The lowest BCUT2D eigenvalue weighted by Gasteiger charge is -2.30. The summed E-state index contributed by atoms with van der Waals surface area (Å²) in [4.78, 5) is 0. The van der Waals surface area contributed by atoms with Crippen LogP contribution in [0.4, 0.5) is 0 Å². The molecule has 1 aliphatic rings. The van der Waals surface area contributed by atoms with E-state index in [-0.39, 0.29) is 0 Å². The van der Waals surface area contributed by atoms with Crippen LogP contribution < -0.4 is 5.32 Å². The van der Waals surface area contributed by atoms with Crippen molar-refractivity contribution in [2.24, 2.45) is 18.4 Å². The van der Waals surface area contributed by atoms with Gasteiger partial charge in [0.2, 0.25) is 0 Å². The van der Waals surface area contributed by atoms with E-state index in [1.54, 1.807) is 0 Å². The molecule has 114 valence electrons. The van der Waals surface area contributed by atoms with E-state index in [1.165, 1.54) is 29.4 Å². The lowest BCUT2D eigenvalue weighted by atomic mass is 9.77. The first-order chi connectivity index (χ1) is 9.95. The van der Waals surface area contributed by atoms with Gasteiger partial charge in [0, 0.05) is 18.5 Å². The van der Waals surface area contributed by atoms with Crippen molar-refractivity contribution in [3.8, 4) is 0 Å². The second-order valence-corrected chi connectivity index (χ2v) is 7.54. The predicted octanol–water partition coefficient (Wildman–Crippen LogP) is 3.53. The molecule has 1 N–H and O–H groups in total. The molecule has 1 aromatic carbocycles. The van der Waals surface area contributed by atoms with E-state index in [9.17, 15) is 0 Å². The second-order valence-electron chi connectivity index (χ2n) is 7.54. The van der Waals surface area contributed by atoms with Gasteiger partial charge in [0.25, 0.3) is 0 Å². The SMILES string of the molecule is Cn1nc(CC(CNC2CC2)C(C)(C)C)c2ccccc21. The van der Waals surface area contributed by atoms with Gasteiger partial charge in [-0.3, -0.25) is 4.68 Å². The Hall–Kier alpha value is -1.35. The van der Waals surface area contributed by atoms with Crippen molar-refractivity contribution in [3.63, 3.8) is 0 Å². The highest BCUT2D eigenvalue weighted by molar-refractivity contribution is 5.81. The third-order valence-corrected chi connectivity index (χ3v) is 4.73. The van der Waals surface area contributed by atoms with E-state index in [0.717, 1.165) is 19.0 Å². The van der Waals surface area contributed by atoms with Crippen LogP contribution in [0.5, 0.6) is 0 Å². The van der Waals surface area contributed by atoms with E-state index in [2.05, 4.69) is 50.4 Å². The zero-order chi connectivity index (χ0) is 15.0. The summed E-state index contributed by atoms with van der Waals surface area (Å²) in [7, 11) is 2.04. The van der Waals surface area contributed by atoms with Crippen LogP contribution in [0.1, 0.15) is 39.3 Å². The fourth-order valence-corrected chi connectivity index (χ4v) is 2.95. The number of nitrogens with one attached hydrogen (secondary N) is 1. The minimum Gasteiger partial charge on any atom is -0.314 e. The minimum absolute atomic E-state index is 0.292. The Kier molecular flexibility index (Phi) is 3.78. The van der Waals surface area contributed by atoms with Gasteiger partial charge in [-0.15, -0.1) is 0 Å². The molecular formula is C18H27N3. The van der Waals surface area contributed by atoms with Crippen LogP contribution in [0, 0.1) is 11.3 Å². The minimum atomic E-state index is 0.292. The topological polar surface area (TPSA) is 29.9 Å². The van der Waals surface area contributed by atoms with E-state index in [1.807, 2.05) is 11.7 Å². The van der Waals surface area contributed by atoms with Gasteiger partial charge < -0.3 is 5.32 Å². The van der Waals surface area contributed by atoms with Gasteiger partial charge in [-0.1, -0.05) is 39.0 Å². The third-order valence-electron chi connectivity index (χ3n) is 4.73. The number of rotatable bonds is 5. The number of nitrogens with zero attached hydrogens (tertiary/aromatic N) is 2. The number of benzene rings is 1. The molecule has 1 atom stereocenters. The Balaban J connectivity index is 1.82. The summed E-state index contributed by atoms with van der Waals surface area (Å²) in [6, 6.07) is 9.33. The summed E-state index contributed by atoms with van der Waals surface area (Å²) in [5.41, 5.74) is 2.77. The normalized spacial score (nSPS) is 17.3. The molecular weight excluding hydrogens is 258 g/mol. The summed E-state index contributed by atoms with van der Waals surface area (Å²) in [5, 5.41) is 9.78. The maximum atomic E-state index is 4.77. The molecule has 1 fully saturated rings. The molecule has 21 heavy (non-hydrogen) atoms. The van der Waals surface area contributed by atoms with Crippen molar-refractivity contribution in [1.29, 1.82) is 0 Å². The van der Waals surface area contributed by atoms with Crippen LogP contribution in [0.3, 0.4) is 0 Å². The molecule has 0 spiro atoms. The van der Waals surface area contributed by atoms with Gasteiger partial charge in [0.15, 0.2) is 0 Å². The van der Waals surface area contributed by atoms with E-state index >= 15 is 0 Å². The molecule has 1 aliphatic carbocycles. The van der Waals surface area contributed by atoms with Gasteiger partial charge in [-0.05, 0) is 43.2 Å². The molecule has 1 aromatic heterocycles. The van der Waals surface area contributed by atoms with Crippen molar-refractivity contribution in [2.75, 3.05) is 6.54 Å². The number of hydrogen-bond acceptors (Lipinski definition) is 2. The molecule has 0 aliphatic heterocycles. The summed E-state index contributed by atoms with van der Waals surface area (Å²) in [5.74, 6) is 0.608. The Labute approximate surface area is 127 Å². The molecule has 2 aromatic rings. The maximum absolute atomic E-state index is 4.77. The first-order valence-electron chi connectivity index (χ1n) is 8.09. The molecule has 0 bridgehead atoms. The Morgan fingerprint density at radius 3 is 2.67 bits per heavy atom. The van der Waals surface area contributed by atoms with Gasteiger partial charge in [-0.25, -0.2) is 0 Å². The number of fused-ring (bicyclic) bond motifs is 1. The van der Waals surface area contributed by atoms with Crippen molar-refractivity contribution in [2.45, 2.75) is 46.1 Å². The van der Waals surface area contributed by atoms with Crippen LogP contribution in [-0.2, 0) is 13.5 Å². The lowest BCUT2D eigenvalue weighted by Crippen LogP contribution is -2.34. The average Bonchev–Trinajstić information content (AvgIpc) is 3.19. The molecule has 1 unspecified atom stereocenters. The summed E-state index contributed by atoms with van der Waals surface area (Å²) < 4.78 is 2.01. The molecule has 3 nitrogen and oxygen atoms in total. The number of para-hydroxylation sites is 1. The second kappa shape index (κ2) is 5.45. The Bertz CT molecular complexity index is 617. The molecule has 0 amide bonds. The van der Waals surface area contributed by atoms with Gasteiger partial charge in [0.1, 0.15) is 0 Å². The third kappa shape index (κ3) is 3.29. The lowest BCUT2D eigenvalue weighted by molar-refractivity contribution is 0.229. The first-order valence-corrected chi connectivity index (χ1v) is 8.09. The predicted molar refractivity (Wildman–Crippen MR) is 88.4 cm³/mol. The molecule has 0 saturated heterocycles. The fraction of sp³-hybridized carbons (Fsp3) is 0.611. The largest absolute Gasteiger partial charge is 0.314 e. The van der Waals surface area contributed by atoms with Crippen LogP contribution >= 0.6 is 0 Å². The summed E-state index contributed by atoms with van der Waals surface area (Å²) in [6.07, 6.45) is 3.75. The average molecular weight is 285 g/mol. The molecule has 3 rings (SSSR count). The zero-order valence-corrected chi connectivity index (χ0v) is 13.7. The first kappa shape index (κ1) is 14.6. The molecule has 0 radical (unpaired) electrons. The van der Waals surface area contributed by atoms with Crippen molar-refractivity contribution >= 4 is 10.9 Å². The quantitative estimate of drug-likeness (QED) is 0.911. The van der Waals surface area contributed by atoms with Gasteiger partial charge in [-0.2, -0.15) is 5.10 Å². The van der Waals surface area contributed by atoms with Crippen molar-refractivity contribution in [3.05, 3.63) is 30.0 Å². The van der Waals surface area contributed by atoms with Crippen molar-refractivity contribution < 1.29 is 0 Å². The van der Waals surface area contributed by atoms with Crippen LogP contribution in [-0.4, -0.2) is 22.4 Å². The van der Waals surface area contributed by atoms with Crippen molar-refractivity contribution in [1.82, 2.24) is 15.1 Å². The van der Waals surface area contributed by atoms with Crippen LogP contribution in [0.2, 0.25) is 0 Å². The van der Waals surface area contributed by atoms with Crippen LogP contribution in [0.25, 0.3) is 10.9 Å².